The number of carbonyl (C=O) groups excluding carboxylic acids is 1. The molecule has 174 valence electrons. The Morgan fingerprint density at radius 2 is 1.91 bits per heavy atom. The fourth-order valence-electron chi connectivity index (χ4n) is 3.46. The number of amides is 1. The van der Waals surface area contributed by atoms with Crippen LogP contribution in [0.4, 0.5) is 5.69 Å². The minimum absolute atomic E-state index is 0.0224. The first-order chi connectivity index (χ1) is 16.4. The van der Waals surface area contributed by atoms with Gasteiger partial charge in [-0.3, -0.25) is 19.8 Å². The summed E-state index contributed by atoms with van der Waals surface area (Å²) in [6.45, 7) is 0.425. The van der Waals surface area contributed by atoms with Crippen molar-refractivity contribution in [1.29, 1.82) is 0 Å². The van der Waals surface area contributed by atoms with Gasteiger partial charge in [-0.25, -0.2) is 0 Å². The summed E-state index contributed by atoms with van der Waals surface area (Å²) < 4.78 is 16.9. The largest absolute Gasteiger partial charge is 0.493 e. The van der Waals surface area contributed by atoms with Crippen LogP contribution in [0, 0.1) is 10.1 Å². The number of hydrogen-bond donors (Lipinski definition) is 0. The topological polar surface area (TPSA) is 95.0 Å². The van der Waals surface area contributed by atoms with Gasteiger partial charge in [0.05, 0.1) is 24.0 Å². The van der Waals surface area contributed by atoms with E-state index in [4.69, 9.17) is 26.1 Å². The van der Waals surface area contributed by atoms with Crippen LogP contribution in [0.5, 0.6) is 11.5 Å². The number of furan rings is 1. The van der Waals surface area contributed by atoms with Gasteiger partial charge in [-0.15, -0.1) is 0 Å². The summed E-state index contributed by atoms with van der Waals surface area (Å²) in [5.41, 5.74) is 1.55. The molecule has 0 radical (unpaired) electrons. The third kappa shape index (κ3) is 4.97. The number of nitro groups is 1. The second-order valence-corrected chi connectivity index (χ2v) is 8.96. The average molecular weight is 497 g/mol. The molecule has 0 atom stereocenters. The molecule has 8 nitrogen and oxygen atoms in total. The zero-order valence-corrected chi connectivity index (χ0v) is 20.0. The fraction of sp³-hybridized carbons (Fsp3) is 0.167. The molecule has 0 unspecified atom stereocenters. The number of carbonyl (C=O) groups is 1. The summed E-state index contributed by atoms with van der Waals surface area (Å²) >= 11 is 6.63. The molecular formula is C24H20N2O6S2. The molecule has 34 heavy (non-hydrogen) atoms. The lowest BCUT2D eigenvalue weighted by molar-refractivity contribution is -0.384. The predicted molar refractivity (Wildman–Crippen MR) is 134 cm³/mol. The number of methoxy groups -OCH3 is 2. The van der Waals surface area contributed by atoms with Crippen LogP contribution < -0.4 is 9.47 Å². The van der Waals surface area contributed by atoms with E-state index in [2.05, 4.69) is 0 Å². The minimum atomic E-state index is -0.458. The monoisotopic (exact) mass is 496 g/mol. The maximum atomic E-state index is 12.9. The predicted octanol–water partition coefficient (Wildman–Crippen LogP) is 5.32. The van der Waals surface area contributed by atoms with Crippen molar-refractivity contribution < 1.29 is 23.6 Å². The quantitative estimate of drug-likeness (QED) is 0.179. The first-order valence-corrected chi connectivity index (χ1v) is 11.4. The van der Waals surface area contributed by atoms with E-state index in [0.29, 0.717) is 50.8 Å². The average Bonchev–Trinajstić information content (AvgIpc) is 3.42. The number of ether oxygens (including phenoxy) is 2. The van der Waals surface area contributed by atoms with Gasteiger partial charge in [0.1, 0.15) is 15.8 Å². The summed E-state index contributed by atoms with van der Waals surface area (Å²) in [6.07, 6.45) is 2.23. The zero-order chi connectivity index (χ0) is 24.2. The molecule has 1 aromatic heterocycles. The third-order valence-corrected chi connectivity index (χ3v) is 6.57. The summed E-state index contributed by atoms with van der Waals surface area (Å²) in [4.78, 5) is 25.5. The Bertz CT molecular complexity index is 1300. The number of thioether (sulfide) groups is 1. The maximum Gasteiger partial charge on any atom is 0.270 e. The van der Waals surface area contributed by atoms with Crippen molar-refractivity contribution in [3.05, 3.63) is 80.9 Å². The number of nitrogens with zero attached hydrogens (tertiary/aromatic N) is 2. The number of hydrogen-bond acceptors (Lipinski definition) is 8. The van der Waals surface area contributed by atoms with E-state index in [0.717, 1.165) is 5.56 Å². The first-order valence-electron chi connectivity index (χ1n) is 10.2. The lowest BCUT2D eigenvalue weighted by Gasteiger charge is -2.15. The molecule has 2 heterocycles. The highest BCUT2D eigenvalue weighted by Gasteiger charge is 2.32. The van der Waals surface area contributed by atoms with E-state index in [-0.39, 0.29) is 11.6 Å². The molecule has 1 aliphatic rings. The summed E-state index contributed by atoms with van der Waals surface area (Å²) in [5.74, 6) is 2.01. The smallest absolute Gasteiger partial charge is 0.270 e. The Kier molecular flexibility index (Phi) is 6.99. The van der Waals surface area contributed by atoms with Gasteiger partial charge in [-0.05, 0) is 36.2 Å². The van der Waals surface area contributed by atoms with E-state index in [1.54, 1.807) is 49.5 Å². The Morgan fingerprint density at radius 3 is 2.65 bits per heavy atom. The molecule has 1 amide bonds. The molecule has 0 spiro atoms. The van der Waals surface area contributed by atoms with Crippen LogP contribution in [0.15, 0.2) is 63.9 Å². The van der Waals surface area contributed by atoms with Gasteiger partial charge in [-0.2, -0.15) is 0 Å². The highest BCUT2D eigenvalue weighted by molar-refractivity contribution is 8.26. The molecule has 0 N–H and O–H groups in total. The summed E-state index contributed by atoms with van der Waals surface area (Å²) in [6, 6.07) is 15.2. The molecule has 2 aromatic carbocycles. The number of non-ortho nitro benzene ring substituents is 1. The molecule has 4 rings (SSSR count). The third-order valence-electron chi connectivity index (χ3n) is 5.19. The van der Waals surface area contributed by atoms with E-state index in [1.807, 2.05) is 18.2 Å². The van der Waals surface area contributed by atoms with Crippen molar-refractivity contribution >= 4 is 46.0 Å². The lowest BCUT2D eigenvalue weighted by atomic mass is 10.1. The number of benzene rings is 2. The minimum Gasteiger partial charge on any atom is -0.493 e. The van der Waals surface area contributed by atoms with Crippen LogP contribution in [0.2, 0.25) is 0 Å². The van der Waals surface area contributed by atoms with Crippen LogP contribution in [0.3, 0.4) is 0 Å². The molecule has 3 aromatic rings. The standard InChI is InChI=1S/C24H20N2O6S2/c1-30-20-8-6-15(12-21(20)31-2)10-11-25-23(27)22(34-24(25)33)14-18-7-9-19(32-18)16-4-3-5-17(13-16)26(28)29/h3-9,12-14H,10-11H2,1-2H3/b22-14-. The van der Waals surface area contributed by atoms with Crippen molar-refractivity contribution in [2.24, 2.45) is 0 Å². The van der Waals surface area contributed by atoms with Gasteiger partial charge in [0, 0.05) is 30.3 Å². The van der Waals surface area contributed by atoms with Gasteiger partial charge in [-0.1, -0.05) is 42.2 Å². The van der Waals surface area contributed by atoms with E-state index in [9.17, 15) is 14.9 Å². The molecular weight excluding hydrogens is 476 g/mol. The van der Waals surface area contributed by atoms with Crippen molar-refractivity contribution in [2.75, 3.05) is 20.8 Å². The molecule has 1 saturated heterocycles. The lowest BCUT2D eigenvalue weighted by Crippen LogP contribution is -2.30. The molecule has 0 bridgehead atoms. The normalized spacial score (nSPS) is 14.6. The Hall–Kier alpha value is -3.63. The molecule has 0 saturated carbocycles. The highest BCUT2D eigenvalue weighted by atomic mass is 32.2. The van der Waals surface area contributed by atoms with E-state index in [1.165, 1.54) is 23.9 Å². The summed E-state index contributed by atoms with van der Waals surface area (Å²) in [5, 5.41) is 11.0. The second-order valence-electron chi connectivity index (χ2n) is 7.28. The SMILES string of the molecule is COc1ccc(CCN2C(=O)/C(=C/c3ccc(-c4cccc([N+](=O)[O-])c4)o3)SC2=S)cc1OC. The van der Waals surface area contributed by atoms with Gasteiger partial charge in [0.2, 0.25) is 0 Å². The van der Waals surface area contributed by atoms with Crippen LogP contribution in [0.25, 0.3) is 17.4 Å². The van der Waals surface area contributed by atoms with Crippen LogP contribution >= 0.6 is 24.0 Å². The van der Waals surface area contributed by atoms with Gasteiger partial charge in [0.15, 0.2) is 11.5 Å². The van der Waals surface area contributed by atoms with Crippen molar-refractivity contribution in [1.82, 2.24) is 4.90 Å². The molecule has 0 aliphatic carbocycles. The second kappa shape index (κ2) is 10.1. The molecule has 1 aliphatic heterocycles. The van der Waals surface area contributed by atoms with Gasteiger partial charge < -0.3 is 13.9 Å². The van der Waals surface area contributed by atoms with Gasteiger partial charge in [0.25, 0.3) is 11.6 Å². The van der Waals surface area contributed by atoms with E-state index < -0.39 is 4.92 Å². The zero-order valence-electron chi connectivity index (χ0n) is 18.3. The van der Waals surface area contributed by atoms with Crippen molar-refractivity contribution in [3.8, 4) is 22.8 Å². The summed E-state index contributed by atoms with van der Waals surface area (Å²) in [7, 11) is 3.16. The number of thiocarbonyl (C=S) groups is 1. The van der Waals surface area contributed by atoms with Crippen molar-refractivity contribution in [3.63, 3.8) is 0 Å². The van der Waals surface area contributed by atoms with E-state index >= 15 is 0 Å². The Morgan fingerprint density at radius 1 is 1.12 bits per heavy atom. The first kappa shape index (κ1) is 23.5. The Balaban J connectivity index is 1.46. The van der Waals surface area contributed by atoms with Crippen molar-refractivity contribution in [2.45, 2.75) is 6.42 Å². The number of nitro benzene ring substituents is 1. The van der Waals surface area contributed by atoms with Crippen LogP contribution in [-0.4, -0.2) is 40.8 Å². The molecule has 1 fully saturated rings. The molecule has 10 heteroatoms. The fourth-order valence-corrected chi connectivity index (χ4v) is 4.75. The van der Waals surface area contributed by atoms with Crippen LogP contribution in [-0.2, 0) is 11.2 Å². The highest BCUT2D eigenvalue weighted by Crippen LogP contribution is 2.34. The number of rotatable bonds is 8. The maximum absolute atomic E-state index is 12.9. The Labute approximate surface area is 205 Å². The van der Waals surface area contributed by atoms with Crippen LogP contribution in [0.1, 0.15) is 11.3 Å². The van der Waals surface area contributed by atoms with Gasteiger partial charge >= 0.3 is 0 Å².